The summed E-state index contributed by atoms with van der Waals surface area (Å²) in [6.07, 6.45) is 3.30. The number of carbonyl (C=O) groups is 1. The van der Waals surface area contributed by atoms with E-state index in [-0.39, 0.29) is 11.1 Å². The highest BCUT2D eigenvalue weighted by atomic mass is 19.1. The molecule has 1 unspecified atom stereocenters. The van der Waals surface area contributed by atoms with E-state index in [9.17, 15) is 14.7 Å². The van der Waals surface area contributed by atoms with E-state index in [4.69, 9.17) is 4.74 Å². The fourth-order valence-electron chi connectivity index (χ4n) is 5.16. The topological polar surface area (TPSA) is 71.8 Å². The van der Waals surface area contributed by atoms with Crippen LogP contribution in [0.1, 0.15) is 35.7 Å². The average molecular weight is 475 g/mol. The lowest BCUT2D eigenvalue weighted by Crippen LogP contribution is -2.24. The molecule has 5 rings (SSSR count). The van der Waals surface area contributed by atoms with Gasteiger partial charge < -0.3 is 19.3 Å². The van der Waals surface area contributed by atoms with Gasteiger partial charge in [0.2, 0.25) is 5.43 Å². The Bertz CT molecular complexity index is 1510. The number of aromatic carboxylic acids is 1. The fourth-order valence-corrected chi connectivity index (χ4v) is 5.16. The number of benzene rings is 3. The second-order valence-corrected chi connectivity index (χ2v) is 9.13. The Morgan fingerprint density at radius 3 is 2.63 bits per heavy atom. The molecule has 3 aromatic carbocycles. The van der Waals surface area contributed by atoms with Gasteiger partial charge in [-0.05, 0) is 40.8 Å². The molecule has 0 amide bonds. The number of methoxy groups -OCH3 is 1. The Morgan fingerprint density at radius 2 is 1.94 bits per heavy atom. The van der Waals surface area contributed by atoms with Gasteiger partial charge in [0.25, 0.3) is 0 Å². The smallest absolute Gasteiger partial charge is 0.341 e. The van der Waals surface area contributed by atoms with Gasteiger partial charge in [-0.15, -0.1) is 0 Å². The van der Waals surface area contributed by atoms with E-state index in [0.717, 1.165) is 35.2 Å². The lowest BCUT2D eigenvalue weighted by atomic mass is 10.1. The number of pyridine rings is 1. The summed E-state index contributed by atoms with van der Waals surface area (Å²) in [7, 11) is 1.46. The van der Waals surface area contributed by atoms with Crippen LogP contribution in [0, 0.1) is 11.7 Å². The predicted octanol–water partition coefficient (Wildman–Crippen LogP) is 5.29. The molecule has 4 aromatic rings. The van der Waals surface area contributed by atoms with Crippen molar-refractivity contribution in [2.45, 2.75) is 26.3 Å². The van der Waals surface area contributed by atoms with Crippen molar-refractivity contribution in [2.75, 3.05) is 25.1 Å². The molecular formula is C28H27FN2O4. The van der Waals surface area contributed by atoms with Crippen molar-refractivity contribution in [1.29, 1.82) is 0 Å². The zero-order chi connectivity index (χ0) is 24.7. The average Bonchev–Trinajstić information content (AvgIpc) is 3.33. The van der Waals surface area contributed by atoms with Crippen molar-refractivity contribution in [3.05, 3.63) is 81.9 Å². The molecule has 0 spiro atoms. The second kappa shape index (κ2) is 9.06. The quantitative estimate of drug-likeness (QED) is 0.411. The largest absolute Gasteiger partial charge is 0.492 e. The zero-order valence-electron chi connectivity index (χ0n) is 19.8. The molecule has 2 heterocycles. The van der Waals surface area contributed by atoms with Gasteiger partial charge in [-0.2, -0.15) is 0 Å². The third-order valence-electron chi connectivity index (χ3n) is 7.02. The first-order valence-electron chi connectivity index (χ1n) is 11.8. The molecule has 1 aliphatic rings. The summed E-state index contributed by atoms with van der Waals surface area (Å²) in [4.78, 5) is 26.9. The second-order valence-electron chi connectivity index (χ2n) is 9.13. The van der Waals surface area contributed by atoms with Crippen LogP contribution in [0.25, 0.3) is 21.7 Å². The Kier molecular flexibility index (Phi) is 5.93. The van der Waals surface area contributed by atoms with Crippen LogP contribution in [-0.2, 0) is 6.54 Å². The SMILES string of the molecule is CCC1CCN(c2c(F)cc3c(=O)c(C(=O)O)cn(Cc4ccc5ccccc5c4)c3c2OC)C1. The van der Waals surface area contributed by atoms with Crippen LogP contribution in [0.2, 0.25) is 0 Å². The minimum absolute atomic E-state index is 0.00460. The Labute approximate surface area is 202 Å². The summed E-state index contributed by atoms with van der Waals surface area (Å²) < 4.78 is 22.9. The first-order valence-corrected chi connectivity index (χ1v) is 11.8. The van der Waals surface area contributed by atoms with Gasteiger partial charge in [0.15, 0.2) is 11.6 Å². The molecule has 1 N–H and O–H groups in total. The van der Waals surface area contributed by atoms with Gasteiger partial charge in [0.05, 0.1) is 18.0 Å². The van der Waals surface area contributed by atoms with Crippen molar-refractivity contribution in [3.63, 3.8) is 0 Å². The number of aromatic nitrogens is 1. The lowest BCUT2D eigenvalue weighted by Gasteiger charge is -2.25. The predicted molar refractivity (Wildman–Crippen MR) is 135 cm³/mol. The molecule has 1 atom stereocenters. The van der Waals surface area contributed by atoms with Crippen LogP contribution in [-0.4, -0.2) is 35.8 Å². The zero-order valence-corrected chi connectivity index (χ0v) is 19.8. The van der Waals surface area contributed by atoms with Crippen LogP contribution in [0.15, 0.2) is 59.5 Å². The number of hydrogen-bond acceptors (Lipinski definition) is 4. The number of hydrogen-bond donors (Lipinski definition) is 1. The molecule has 1 saturated heterocycles. The van der Waals surface area contributed by atoms with Gasteiger partial charge in [-0.3, -0.25) is 4.79 Å². The molecule has 0 bridgehead atoms. The highest BCUT2D eigenvalue weighted by molar-refractivity contribution is 5.97. The molecular weight excluding hydrogens is 447 g/mol. The monoisotopic (exact) mass is 474 g/mol. The van der Waals surface area contributed by atoms with Crippen molar-refractivity contribution in [1.82, 2.24) is 4.57 Å². The van der Waals surface area contributed by atoms with Crippen LogP contribution in [0.5, 0.6) is 5.75 Å². The van der Waals surface area contributed by atoms with Crippen molar-refractivity contribution < 1.29 is 19.0 Å². The van der Waals surface area contributed by atoms with E-state index < -0.39 is 22.8 Å². The van der Waals surface area contributed by atoms with Crippen LogP contribution in [0.4, 0.5) is 10.1 Å². The van der Waals surface area contributed by atoms with E-state index in [1.807, 2.05) is 47.4 Å². The number of fused-ring (bicyclic) bond motifs is 2. The van der Waals surface area contributed by atoms with Crippen LogP contribution >= 0.6 is 0 Å². The first kappa shape index (κ1) is 22.9. The van der Waals surface area contributed by atoms with Crippen LogP contribution in [0.3, 0.4) is 0 Å². The Hall–Kier alpha value is -3.87. The summed E-state index contributed by atoms with van der Waals surface area (Å²) in [6.45, 7) is 3.81. The molecule has 1 fully saturated rings. The standard InChI is InChI=1S/C28H27FN2O4/c1-3-17-10-11-30(14-17)25-23(29)13-21-24(27(25)35-2)31(16-22(26(21)32)28(33)34)15-18-8-9-19-6-4-5-7-20(19)12-18/h4-9,12-13,16-17H,3,10-11,14-15H2,1-2H3,(H,33,34). The normalized spacial score (nSPS) is 15.7. The van der Waals surface area contributed by atoms with Gasteiger partial charge in [-0.1, -0.05) is 49.7 Å². The van der Waals surface area contributed by atoms with E-state index >= 15 is 4.39 Å². The molecule has 1 aliphatic heterocycles. The fraction of sp³-hybridized carbons (Fsp3) is 0.286. The Balaban J connectivity index is 1.74. The molecule has 180 valence electrons. The maximum absolute atomic E-state index is 15.5. The maximum Gasteiger partial charge on any atom is 0.341 e. The minimum atomic E-state index is -1.35. The highest BCUT2D eigenvalue weighted by Crippen LogP contribution is 2.40. The molecule has 0 aliphatic carbocycles. The van der Waals surface area contributed by atoms with Crippen molar-refractivity contribution in [2.24, 2.45) is 5.92 Å². The van der Waals surface area contributed by atoms with Crippen molar-refractivity contribution in [3.8, 4) is 5.75 Å². The summed E-state index contributed by atoms with van der Waals surface area (Å²) >= 11 is 0. The number of rotatable bonds is 6. The van der Waals surface area contributed by atoms with E-state index in [1.165, 1.54) is 13.3 Å². The molecule has 0 saturated carbocycles. The molecule has 0 radical (unpaired) electrons. The summed E-state index contributed by atoms with van der Waals surface area (Å²) in [6, 6.07) is 15.1. The molecule has 6 nitrogen and oxygen atoms in total. The summed E-state index contributed by atoms with van der Waals surface area (Å²) in [5.74, 6) is -1.21. The lowest BCUT2D eigenvalue weighted by molar-refractivity contribution is 0.0695. The number of carboxylic acid groups (broad SMARTS) is 1. The van der Waals surface area contributed by atoms with Crippen LogP contribution < -0.4 is 15.1 Å². The minimum Gasteiger partial charge on any atom is -0.492 e. The highest BCUT2D eigenvalue weighted by Gasteiger charge is 2.29. The summed E-state index contributed by atoms with van der Waals surface area (Å²) in [5.41, 5.74) is 0.515. The van der Waals surface area contributed by atoms with E-state index in [2.05, 4.69) is 6.92 Å². The number of nitrogens with zero attached hydrogens (tertiary/aromatic N) is 2. The molecule has 35 heavy (non-hydrogen) atoms. The van der Waals surface area contributed by atoms with E-state index in [1.54, 1.807) is 4.57 Å². The third kappa shape index (κ3) is 4.01. The van der Waals surface area contributed by atoms with Gasteiger partial charge in [-0.25, -0.2) is 9.18 Å². The Morgan fingerprint density at radius 1 is 1.17 bits per heavy atom. The number of ether oxygens (including phenoxy) is 1. The van der Waals surface area contributed by atoms with Gasteiger partial charge in [0, 0.05) is 25.8 Å². The molecule has 7 heteroatoms. The number of halogens is 1. The van der Waals surface area contributed by atoms with Crippen molar-refractivity contribution >= 4 is 33.3 Å². The maximum atomic E-state index is 15.5. The molecule has 1 aromatic heterocycles. The first-order chi connectivity index (χ1) is 16.9. The third-order valence-corrected chi connectivity index (χ3v) is 7.02. The van der Waals surface area contributed by atoms with E-state index in [0.29, 0.717) is 36.8 Å². The number of carboxylic acids is 1. The van der Waals surface area contributed by atoms with Gasteiger partial charge in [0.1, 0.15) is 11.3 Å². The number of anilines is 1. The summed E-state index contributed by atoms with van der Waals surface area (Å²) in [5, 5.41) is 11.8. The van der Waals surface area contributed by atoms with Gasteiger partial charge >= 0.3 is 5.97 Å².